The highest BCUT2D eigenvalue weighted by Crippen LogP contribution is 2.04. The lowest BCUT2D eigenvalue weighted by Crippen LogP contribution is -2.50. The highest BCUT2D eigenvalue weighted by molar-refractivity contribution is 7.90. The molecule has 0 fully saturated rings. The third-order valence-electron chi connectivity index (χ3n) is 1.08. The zero-order chi connectivity index (χ0) is 9.99. The molecular weight excluding hydrogens is 196 g/mol. The maximum atomic E-state index is 10.9. The summed E-state index contributed by atoms with van der Waals surface area (Å²) in [6, 6.07) is 0. The molecule has 4 nitrogen and oxygen atoms in total. The molecule has 12 heavy (non-hydrogen) atoms. The highest BCUT2D eigenvalue weighted by atomic mass is 32.2. The van der Waals surface area contributed by atoms with Crippen molar-refractivity contribution >= 4 is 27.2 Å². The van der Waals surface area contributed by atoms with Gasteiger partial charge in [-0.25, -0.2) is 8.42 Å². The third kappa shape index (κ3) is 6.36. The Morgan fingerprint density at radius 1 is 1.58 bits per heavy atom. The van der Waals surface area contributed by atoms with E-state index in [0.29, 0.717) is 0 Å². The molecule has 0 saturated carbocycles. The number of thiocarbonyl (C=S) groups is 1. The molecular formula is C6H14N2O2S2. The number of sulfone groups is 1. The number of nitrogens with two attached hydrogens (primary N) is 1. The van der Waals surface area contributed by atoms with Gasteiger partial charge >= 0.3 is 0 Å². The maximum Gasteiger partial charge on any atom is 0.164 e. The molecule has 0 aliphatic carbocycles. The topological polar surface area (TPSA) is 72.2 Å². The summed E-state index contributed by atoms with van der Waals surface area (Å²) in [4.78, 5) is 0. The van der Waals surface area contributed by atoms with Gasteiger partial charge in [-0.2, -0.15) is 0 Å². The Morgan fingerprint density at radius 3 is 2.25 bits per heavy atom. The van der Waals surface area contributed by atoms with Crippen molar-refractivity contribution in [1.82, 2.24) is 5.32 Å². The molecule has 0 unspecified atom stereocenters. The molecule has 0 heterocycles. The first-order chi connectivity index (χ1) is 5.12. The predicted octanol–water partition coefficient (Wildman–Crippen LogP) is -0.357. The van der Waals surface area contributed by atoms with Gasteiger partial charge in [-0.05, 0) is 26.1 Å². The molecule has 0 amide bonds. The van der Waals surface area contributed by atoms with E-state index in [1.165, 1.54) is 6.26 Å². The molecule has 0 aromatic carbocycles. The number of nitrogens with one attached hydrogen (secondary N) is 1. The summed E-state index contributed by atoms with van der Waals surface area (Å²) in [6.45, 7) is 3.46. The Kier molecular flexibility index (Phi) is 3.46. The van der Waals surface area contributed by atoms with Gasteiger partial charge in [-0.1, -0.05) is 0 Å². The highest BCUT2D eigenvalue weighted by Gasteiger charge is 2.23. The molecule has 0 rings (SSSR count). The first-order valence-corrected chi connectivity index (χ1v) is 5.85. The van der Waals surface area contributed by atoms with E-state index >= 15 is 0 Å². The summed E-state index contributed by atoms with van der Waals surface area (Å²) in [5.41, 5.74) is 4.63. The molecule has 0 aliphatic rings. The number of hydrogen-bond acceptors (Lipinski definition) is 3. The smallest absolute Gasteiger partial charge is 0.164 e. The van der Waals surface area contributed by atoms with Gasteiger partial charge in [0.2, 0.25) is 0 Å². The van der Waals surface area contributed by atoms with E-state index in [1.807, 2.05) is 0 Å². The summed E-state index contributed by atoms with van der Waals surface area (Å²) in [5.74, 6) is 0.0112. The van der Waals surface area contributed by atoms with Crippen LogP contribution in [0.3, 0.4) is 0 Å². The first-order valence-electron chi connectivity index (χ1n) is 3.38. The molecule has 0 aromatic rings. The maximum absolute atomic E-state index is 10.9. The fourth-order valence-corrected chi connectivity index (χ4v) is 2.68. The summed E-state index contributed by atoms with van der Waals surface area (Å²) < 4.78 is 21.8. The van der Waals surface area contributed by atoms with Crippen LogP contribution in [-0.4, -0.2) is 31.1 Å². The van der Waals surface area contributed by atoms with Crippen LogP contribution >= 0.6 is 12.2 Å². The van der Waals surface area contributed by atoms with Gasteiger partial charge in [0.15, 0.2) is 5.11 Å². The van der Waals surface area contributed by atoms with Crippen molar-refractivity contribution in [1.29, 1.82) is 0 Å². The molecule has 0 bridgehead atoms. The summed E-state index contributed by atoms with van der Waals surface area (Å²) in [5, 5.41) is 2.82. The summed E-state index contributed by atoms with van der Waals surface area (Å²) >= 11 is 4.60. The van der Waals surface area contributed by atoms with Crippen molar-refractivity contribution in [3.63, 3.8) is 0 Å². The Bertz CT molecular complexity index is 269. The van der Waals surface area contributed by atoms with E-state index in [4.69, 9.17) is 5.73 Å². The van der Waals surface area contributed by atoms with E-state index in [1.54, 1.807) is 13.8 Å². The van der Waals surface area contributed by atoms with Crippen LogP contribution in [0, 0.1) is 0 Å². The van der Waals surface area contributed by atoms with Crippen LogP contribution in [0.15, 0.2) is 0 Å². The van der Waals surface area contributed by atoms with Gasteiger partial charge in [-0.15, -0.1) is 0 Å². The van der Waals surface area contributed by atoms with Crippen LogP contribution in [0.25, 0.3) is 0 Å². The second-order valence-corrected chi connectivity index (χ2v) is 6.02. The van der Waals surface area contributed by atoms with Gasteiger partial charge in [0.25, 0.3) is 0 Å². The second kappa shape index (κ2) is 3.57. The van der Waals surface area contributed by atoms with Crippen molar-refractivity contribution in [2.24, 2.45) is 5.73 Å². The van der Waals surface area contributed by atoms with Gasteiger partial charge in [0.1, 0.15) is 9.84 Å². The summed E-state index contributed by atoms with van der Waals surface area (Å²) in [7, 11) is -3.01. The van der Waals surface area contributed by atoms with E-state index < -0.39 is 15.4 Å². The molecule has 3 N–H and O–H groups in total. The van der Waals surface area contributed by atoms with E-state index in [0.717, 1.165) is 0 Å². The molecule has 0 saturated heterocycles. The average Bonchev–Trinajstić information content (AvgIpc) is 1.48. The quantitative estimate of drug-likeness (QED) is 0.623. The van der Waals surface area contributed by atoms with Crippen molar-refractivity contribution in [2.75, 3.05) is 12.0 Å². The minimum Gasteiger partial charge on any atom is -0.376 e. The second-order valence-electron chi connectivity index (χ2n) is 3.44. The van der Waals surface area contributed by atoms with Crippen LogP contribution in [0.4, 0.5) is 0 Å². The zero-order valence-electron chi connectivity index (χ0n) is 7.42. The molecule has 0 atom stereocenters. The molecule has 72 valence electrons. The van der Waals surface area contributed by atoms with Crippen molar-refractivity contribution in [2.45, 2.75) is 19.4 Å². The standard InChI is InChI=1S/C6H14N2O2S2/c1-6(2,8-5(7)11)4-12(3,9)10/h4H2,1-3H3,(H3,7,8,11). The molecule has 0 radical (unpaired) electrons. The Balaban J connectivity index is 4.33. The largest absolute Gasteiger partial charge is 0.376 e. The molecule has 6 heteroatoms. The molecule has 0 aromatic heterocycles. The fraction of sp³-hybridized carbons (Fsp3) is 0.833. The third-order valence-corrected chi connectivity index (χ3v) is 2.43. The number of rotatable bonds is 3. The Hall–Kier alpha value is -0.360. The Labute approximate surface area is 78.4 Å². The van der Waals surface area contributed by atoms with E-state index in [-0.39, 0.29) is 10.9 Å². The molecule has 0 spiro atoms. The normalized spacial score (nSPS) is 12.6. The van der Waals surface area contributed by atoms with E-state index in [2.05, 4.69) is 17.5 Å². The zero-order valence-corrected chi connectivity index (χ0v) is 9.05. The van der Waals surface area contributed by atoms with Crippen molar-refractivity contribution < 1.29 is 8.42 Å². The lowest BCUT2D eigenvalue weighted by atomic mass is 10.1. The van der Waals surface area contributed by atoms with Crippen molar-refractivity contribution in [3.05, 3.63) is 0 Å². The average molecular weight is 210 g/mol. The van der Waals surface area contributed by atoms with Gasteiger partial charge in [-0.3, -0.25) is 0 Å². The van der Waals surface area contributed by atoms with Crippen LogP contribution in [0.1, 0.15) is 13.8 Å². The predicted molar refractivity (Wildman–Crippen MR) is 53.7 cm³/mol. The minimum absolute atomic E-state index is 0.0112. The van der Waals surface area contributed by atoms with Gasteiger partial charge in [0.05, 0.1) is 5.75 Å². The monoisotopic (exact) mass is 210 g/mol. The van der Waals surface area contributed by atoms with Crippen LogP contribution in [0.5, 0.6) is 0 Å². The lowest BCUT2D eigenvalue weighted by Gasteiger charge is -2.25. The van der Waals surface area contributed by atoms with Crippen LogP contribution < -0.4 is 11.1 Å². The van der Waals surface area contributed by atoms with Crippen LogP contribution in [0.2, 0.25) is 0 Å². The van der Waals surface area contributed by atoms with Gasteiger partial charge < -0.3 is 11.1 Å². The minimum atomic E-state index is -3.01. The number of hydrogen-bond donors (Lipinski definition) is 2. The van der Waals surface area contributed by atoms with E-state index in [9.17, 15) is 8.42 Å². The Morgan fingerprint density at radius 2 is 2.00 bits per heavy atom. The lowest BCUT2D eigenvalue weighted by molar-refractivity contribution is 0.502. The van der Waals surface area contributed by atoms with Crippen molar-refractivity contribution in [3.8, 4) is 0 Å². The van der Waals surface area contributed by atoms with Gasteiger partial charge in [0, 0.05) is 11.8 Å². The van der Waals surface area contributed by atoms with Crippen LogP contribution in [-0.2, 0) is 9.84 Å². The first kappa shape index (κ1) is 11.6. The SMILES string of the molecule is CC(C)(CS(C)(=O)=O)NC(N)=S. The fourth-order valence-electron chi connectivity index (χ4n) is 1.03. The summed E-state index contributed by atoms with van der Waals surface area (Å²) in [6.07, 6.45) is 1.18. The molecule has 0 aliphatic heterocycles.